The van der Waals surface area contributed by atoms with E-state index in [0.717, 1.165) is 54.5 Å². The molecule has 2 N–H and O–H groups in total. The molecule has 1 aliphatic rings. The summed E-state index contributed by atoms with van der Waals surface area (Å²) in [4.78, 5) is 29.8. The van der Waals surface area contributed by atoms with Gasteiger partial charge < -0.3 is 14.7 Å². The Labute approximate surface area is 197 Å². The summed E-state index contributed by atoms with van der Waals surface area (Å²) in [7, 11) is -2.38. The molecule has 1 saturated carbocycles. The number of rotatable bonds is 9. The van der Waals surface area contributed by atoms with Crippen molar-refractivity contribution in [3.05, 3.63) is 36.0 Å². The molecule has 0 atom stereocenters. The standard InChI is InChI=1S/C22H29N3O6S2/c1-15-3-7-17(8-4-15)25(12-11-16-5-9-18(31-2)10-6-16)22(28)24-21-23-13-20(32-21)33(29,30)14-19(26)27/h5-6,9-10,13,15,17H,3-4,7-8,11-12,14H2,1-2H3,(H,26,27)(H,23,24,28)/t15-,17-. The predicted octanol–water partition coefficient (Wildman–Crippen LogP) is 3.67. The zero-order valence-corrected chi connectivity index (χ0v) is 20.3. The number of carboxylic acids is 1. The molecule has 0 saturated heterocycles. The van der Waals surface area contributed by atoms with Gasteiger partial charge in [-0.2, -0.15) is 0 Å². The third-order valence-electron chi connectivity index (χ3n) is 5.81. The van der Waals surface area contributed by atoms with E-state index in [1.807, 2.05) is 29.2 Å². The molecule has 0 unspecified atom stereocenters. The maximum atomic E-state index is 13.2. The van der Waals surface area contributed by atoms with E-state index < -0.39 is 21.6 Å². The first kappa shape index (κ1) is 25.0. The molecule has 2 amide bonds. The van der Waals surface area contributed by atoms with Gasteiger partial charge in [0.1, 0.15) is 9.96 Å². The molecule has 0 spiro atoms. The molecule has 1 aliphatic carbocycles. The first-order valence-corrected chi connectivity index (χ1v) is 13.3. The number of nitrogens with one attached hydrogen (secondary N) is 1. The van der Waals surface area contributed by atoms with E-state index in [1.165, 1.54) is 0 Å². The minimum absolute atomic E-state index is 0.0922. The summed E-state index contributed by atoms with van der Waals surface area (Å²) in [5.74, 6) is -1.05. The molecule has 0 radical (unpaired) electrons. The minimum Gasteiger partial charge on any atom is -0.497 e. The monoisotopic (exact) mass is 495 g/mol. The Bertz CT molecular complexity index is 1060. The van der Waals surface area contributed by atoms with Gasteiger partial charge in [-0.1, -0.05) is 30.4 Å². The number of urea groups is 1. The predicted molar refractivity (Wildman–Crippen MR) is 126 cm³/mol. The van der Waals surface area contributed by atoms with Gasteiger partial charge >= 0.3 is 12.0 Å². The number of amides is 2. The van der Waals surface area contributed by atoms with Crippen LogP contribution in [0.1, 0.15) is 38.2 Å². The number of carbonyl (C=O) groups excluding carboxylic acids is 1. The number of carbonyl (C=O) groups is 2. The molecule has 33 heavy (non-hydrogen) atoms. The lowest BCUT2D eigenvalue weighted by Gasteiger charge is -2.36. The van der Waals surface area contributed by atoms with Gasteiger partial charge in [-0.3, -0.25) is 10.1 Å². The summed E-state index contributed by atoms with van der Waals surface area (Å²) in [5.41, 5.74) is 1.08. The van der Waals surface area contributed by atoms with Crippen molar-refractivity contribution >= 4 is 38.3 Å². The van der Waals surface area contributed by atoms with Crippen molar-refractivity contribution < 1.29 is 27.9 Å². The van der Waals surface area contributed by atoms with Crippen LogP contribution in [0, 0.1) is 5.92 Å². The molecule has 0 bridgehead atoms. The number of aromatic nitrogens is 1. The van der Waals surface area contributed by atoms with Crippen LogP contribution in [-0.4, -0.2) is 60.9 Å². The third kappa shape index (κ3) is 6.91. The number of carboxylic acid groups (broad SMARTS) is 1. The number of aliphatic carboxylic acids is 1. The highest BCUT2D eigenvalue weighted by Crippen LogP contribution is 2.29. The van der Waals surface area contributed by atoms with Gasteiger partial charge in [-0.05, 0) is 55.7 Å². The normalized spacial score (nSPS) is 18.5. The third-order valence-corrected chi connectivity index (χ3v) is 8.87. The zero-order valence-electron chi connectivity index (χ0n) is 18.7. The SMILES string of the molecule is COc1ccc(CCN(C(=O)Nc2ncc(S(=O)(=O)CC(=O)O)s2)[C@H]2CC[C@H](C)CC2)cc1. The Morgan fingerprint density at radius 3 is 2.48 bits per heavy atom. The van der Waals surface area contributed by atoms with Gasteiger partial charge in [-0.25, -0.2) is 18.2 Å². The van der Waals surface area contributed by atoms with Crippen LogP contribution < -0.4 is 10.1 Å². The topological polar surface area (TPSA) is 126 Å². The van der Waals surface area contributed by atoms with Crippen LogP contribution in [0.25, 0.3) is 0 Å². The summed E-state index contributed by atoms with van der Waals surface area (Å²) in [5, 5.41) is 11.6. The molecule has 180 valence electrons. The highest BCUT2D eigenvalue weighted by molar-refractivity contribution is 7.94. The average molecular weight is 496 g/mol. The van der Waals surface area contributed by atoms with Crippen molar-refractivity contribution in [2.75, 3.05) is 24.7 Å². The van der Waals surface area contributed by atoms with Crippen LogP contribution in [0.4, 0.5) is 9.93 Å². The number of hydrogen-bond donors (Lipinski definition) is 2. The molecule has 1 fully saturated rings. The number of nitrogens with zero attached hydrogens (tertiary/aromatic N) is 2. The molecular formula is C22H29N3O6S2. The summed E-state index contributed by atoms with van der Waals surface area (Å²) >= 11 is 0.758. The number of methoxy groups -OCH3 is 1. The molecule has 9 nitrogen and oxygen atoms in total. The second-order valence-corrected chi connectivity index (χ2v) is 11.5. The van der Waals surface area contributed by atoms with Gasteiger partial charge in [-0.15, -0.1) is 0 Å². The molecule has 2 aromatic rings. The lowest BCUT2D eigenvalue weighted by atomic mass is 9.86. The quantitative estimate of drug-likeness (QED) is 0.544. The molecule has 1 aromatic carbocycles. The minimum atomic E-state index is -3.99. The van der Waals surface area contributed by atoms with Gasteiger partial charge in [0.15, 0.2) is 20.7 Å². The number of thiazole rings is 1. The smallest absolute Gasteiger partial charge is 0.323 e. The zero-order chi connectivity index (χ0) is 24.0. The van der Waals surface area contributed by atoms with E-state index >= 15 is 0 Å². The number of benzene rings is 1. The number of anilines is 1. The molecule has 3 rings (SSSR count). The fourth-order valence-electron chi connectivity index (χ4n) is 3.90. The lowest BCUT2D eigenvalue weighted by molar-refractivity contribution is -0.134. The fourth-order valence-corrected chi connectivity index (χ4v) is 6.05. The molecule has 1 aromatic heterocycles. The number of sulfone groups is 1. The first-order chi connectivity index (χ1) is 15.7. The first-order valence-electron chi connectivity index (χ1n) is 10.8. The number of hydrogen-bond acceptors (Lipinski definition) is 7. The molecule has 11 heteroatoms. The van der Waals surface area contributed by atoms with Crippen molar-refractivity contribution in [1.29, 1.82) is 0 Å². The summed E-state index contributed by atoms with van der Waals surface area (Å²) in [6, 6.07) is 7.47. The highest BCUT2D eigenvalue weighted by atomic mass is 32.2. The lowest BCUT2D eigenvalue weighted by Crippen LogP contribution is -2.45. The molecule has 0 aliphatic heterocycles. The van der Waals surface area contributed by atoms with Gasteiger partial charge in [0.25, 0.3) is 0 Å². The van der Waals surface area contributed by atoms with Crippen LogP contribution >= 0.6 is 11.3 Å². The number of ether oxygens (including phenoxy) is 1. The average Bonchev–Trinajstić information content (AvgIpc) is 3.24. The molecule has 1 heterocycles. The van der Waals surface area contributed by atoms with E-state index in [9.17, 15) is 18.0 Å². The fraction of sp³-hybridized carbons (Fsp3) is 0.500. The Morgan fingerprint density at radius 2 is 1.88 bits per heavy atom. The van der Waals surface area contributed by atoms with E-state index in [-0.39, 0.29) is 21.4 Å². The van der Waals surface area contributed by atoms with Crippen molar-refractivity contribution in [3.63, 3.8) is 0 Å². The van der Waals surface area contributed by atoms with Gasteiger partial charge in [0.05, 0.1) is 13.3 Å². The van der Waals surface area contributed by atoms with Crippen LogP contribution in [0.3, 0.4) is 0 Å². The van der Waals surface area contributed by atoms with E-state index in [0.29, 0.717) is 18.9 Å². The van der Waals surface area contributed by atoms with Crippen LogP contribution in [-0.2, 0) is 21.1 Å². The van der Waals surface area contributed by atoms with Crippen LogP contribution in [0.5, 0.6) is 5.75 Å². The summed E-state index contributed by atoms with van der Waals surface area (Å²) in [6.07, 6.45) is 5.67. The molecular weight excluding hydrogens is 466 g/mol. The van der Waals surface area contributed by atoms with Gasteiger partial charge in [0.2, 0.25) is 0 Å². The van der Waals surface area contributed by atoms with Crippen molar-refractivity contribution in [1.82, 2.24) is 9.88 Å². The van der Waals surface area contributed by atoms with Crippen molar-refractivity contribution in [2.24, 2.45) is 5.92 Å². The van der Waals surface area contributed by atoms with Crippen molar-refractivity contribution in [3.8, 4) is 5.75 Å². The maximum Gasteiger partial charge on any atom is 0.323 e. The Kier molecular flexibility index (Phi) is 8.30. The second kappa shape index (κ2) is 11.0. The van der Waals surface area contributed by atoms with E-state index in [2.05, 4.69) is 17.2 Å². The van der Waals surface area contributed by atoms with Gasteiger partial charge in [0, 0.05) is 12.6 Å². The Balaban J connectivity index is 1.71. The Hall–Kier alpha value is -2.66. The maximum absolute atomic E-state index is 13.2. The van der Waals surface area contributed by atoms with E-state index in [4.69, 9.17) is 9.84 Å². The second-order valence-electron chi connectivity index (χ2n) is 8.27. The van der Waals surface area contributed by atoms with Crippen molar-refractivity contribution in [2.45, 2.75) is 49.3 Å². The highest BCUT2D eigenvalue weighted by Gasteiger charge is 2.29. The van der Waals surface area contributed by atoms with Crippen LogP contribution in [0.2, 0.25) is 0 Å². The van der Waals surface area contributed by atoms with E-state index in [1.54, 1.807) is 7.11 Å². The summed E-state index contributed by atoms with van der Waals surface area (Å²) < 4.78 is 29.2. The summed E-state index contributed by atoms with van der Waals surface area (Å²) in [6.45, 7) is 2.72. The largest absolute Gasteiger partial charge is 0.497 e. The Morgan fingerprint density at radius 1 is 1.21 bits per heavy atom. The van der Waals surface area contributed by atoms with Crippen LogP contribution in [0.15, 0.2) is 34.7 Å².